The van der Waals surface area contributed by atoms with Crippen molar-refractivity contribution in [2.24, 2.45) is 0 Å². The minimum atomic E-state index is -0.0668. The molecule has 0 unspecified atom stereocenters. The number of aromatic nitrogens is 2. The number of amides is 1. The van der Waals surface area contributed by atoms with Crippen molar-refractivity contribution in [1.29, 1.82) is 0 Å². The summed E-state index contributed by atoms with van der Waals surface area (Å²) >= 11 is 0. The number of nitrogens with one attached hydrogen (secondary N) is 2. The number of likely N-dealkylation sites (tertiary alicyclic amines) is 1. The van der Waals surface area contributed by atoms with E-state index in [9.17, 15) is 4.79 Å². The SMILES string of the molecule is Cc1ccn2cc(C(=O)NC3CC[NH+](Cc4ccccc4)CC3)nc2c1. The van der Waals surface area contributed by atoms with Crippen LogP contribution in [0.1, 0.15) is 34.5 Å². The molecule has 1 amide bonds. The number of rotatable bonds is 4. The summed E-state index contributed by atoms with van der Waals surface area (Å²) in [6.07, 6.45) is 5.78. The lowest BCUT2D eigenvalue weighted by Gasteiger charge is -2.29. The molecule has 26 heavy (non-hydrogen) atoms. The minimum Gasteiger partial charge on any atom is -0.347 e. The Labute approximate surface area is 153 Å². The van der Waals surface area contributed by atoms with E-state index in [1.165, 1.54) is 5.56 Å². The number of hydrogen-bond donors (Lipinski definition) is 2. The number of quaternary nitrogens is 1. The molecule has 0 aliphatic carbocycles. The van der Waals surface area contributed by atoms with E-state index in [1.54, 1.807) is 11.1 Å². The van der Waals surface area contributed by atoms with E-state index in [-0.39, 0.29) is 11.9 Å². The third-order valence-corrected chi connectivity index (χ3v) is 5.17. The molecule has 3 heterocycles. The Hall–Kier alpha value is -2.66. The van der Waals surface area contributed by atoms with Gasteiger partial charge in [-0.05, 0) is 24.6 Å². The lowest BCUT2D eigenvalue weighted by atomic mass is 10.0. The highest BCUT2D eigenvalue weighted by atomic mass is 16.2. The zero-order valence-corrected chi connectivity index (χ0v) is 15.1. The maximum atomic E-state index is 12.5. The van der Waals surface area contributed by atoms with Gasteiger partial charge in [0.15, 0.2) is 0 Å². The molecule has 1 aromatic carbocycles. The van der Waals surface area contributed by atoms with Gasteiger partial charge in [0.1, 0.15) is 17.9 Å². The first-order valence-corrected chi connectivity index (χ1v) is 9.31. The molecular formula is C21H25N4O+. The Bertz CT molecular complexity index is 895. The lowest BCUT2D eigenvalue weighted by molar-refractivity contribution is -0.918. The van der Waals surface area contributed by atoms with Gasteiger partial charge in [-0.1, -0.05) is 30.3 Å². The fourth-order valence-corrected chi connectivity index (χ4v) is 3.68. The topological polar surface area (TPSA) is 50.8 Å². The van der Waals surface area contributed by atoms with Gasteiger partial charge in [0.05, 0.1) is 13.1 Å². The second-order valence-electron chi connectivity index (χ2n) is 7.26. The van der Waals surface area contributed by atoms with Crippen molar-refractivity contribution in [3.63, 3.8) is 0 Å². The van der Waals surface area contributed by atoms with Crippen molar-refractivity contribution in [3.05, 3.63) is 71.7 Å². The van der Waals surface area contributed by atoms with Crippen LogP contribution in [0, 0.1) is 6.92 Å². The van der Waals surface area contributed by atoms with Gasteiger partial charge in [0.25, 0.3) is 5.91 Å². The van der Waals surface area contributed by atoms with Crippen LogP contribution in [-0.2, 0) is 6.54 Å². The molecule has 1 fully saturated rings. The number of fused-ring (bicyclic) bond motifs is 1. The molecule has 3 aromatic rings. The number of nitrogens with zero attached hydrogens (tertiary/aromatic N) is 2. The van der Waals surface area contributed by atoms with Gasteiger partial charge in [0.2, 0.25) is 0 Å². The van der Waals surface area contributed by atoms with Crippen LogP contribution in [0.2, 0.25) is 0 Å². The molecule has 0 bridgehead atoms. The van der Waals surface area contributed by atoms with Crippen molar-refractivity contribution in [1.82, 2.24) is 14.7 Å². The Kier molecular flexibility index (Phi) is 4.71. The molecular weight excluding hydrogens is 324 g/mol. The fraction of sp³-hybridized carbons (Fsp3) is 0.333. The summed E-state index contributed by atoms with van der Waals surface area (Å²) in [4.78, 5) is 18.6. The van der Waals surface area contributed by atoms with Crippen LogP contribution in [0.5, 0.6) is 0 Å². The van der Waals surface area contributed by atoms with Gasteiger partial charge >= 0.3 is 0 Å². The standard InChI is InChI=1S/C21H24N4O/c1-16-7-12-25-15-19(23-20(25)13-16)21(26)22-18-8-10-24(11-9-18)14-17-5-3-2-4-6-17/h2-7,12-13,15,18H,8-11,14H2,1H3,(H,22,26)/p+1. The smallest absolute Gasteiger partial charge is 0.271 e. The van der Waals surface area contributed by atoms with Crippen molar-refractivity contribution < 1.29 is 9.69 Å². The number of pyridine rings is 1. The molecule has 134 valence electrons. The molecule has 0 spiro atoms. The summed E-state index contributed by atoms with van der Waals surface area (Å²) in [6.45, 7) is 5.27. The van der Waals surface area contributed by atoms with Crippen molar-refractivity contribution in [2.45, 2.75) is 32.4 Å². The van der Waals surface area contributed by atoms with Gasteiger partial charge in [-0.2, -0.15) is 0 Å². The maximum absolute atomic E-state index is 12.5. The summed E-state index contributed by atoms with van der Waals surface area (Å²) < 4.78 is 1.90. The number of imidazole rings is 1. The zero-order valence-electron chi connectivity index (χ0n) is 15.1. The van der Waals surface area contributed by atoms with Crippen LogP contribution in [0.4, 0.5) is 0 Å². The predicted molar refractivity (Wildman–Crippen MR) is 101 cm³/mol. The van der Waals surface area contributed by atoms with Gasteiger partial charge in [0, 0.05) is 36.8 Å². The number of aryl methyl sites for hydroxylation is 1. The molecule has 2 aromatic heterocycles. The quantitative estimate of drug-likeness (QED) is 0.752. The van der Waals surface area contributed by atoms with Crippen molar-refractivity contribution in [3.8, 4) is 0 Å². The normalized spacial score (nSPS) is 20.2. The number of benzene rings is 1. The Morgan fingerprint density at radius 3 is 2.77 bits per heavy atom. The van der Waals surface area contributed by atoms with Crippen LogP contribution in [0.3, 0.4) is 0 Å². The van der Waals surface area contributed by atoms with Crippen LogP contribution < -0.4 is 10.2 Å². The first-order chi connectivity index (χ1) is 12.7. The average molecular weight is 349 g/mol. The largest absolute Gasteiger partial charge is 0.347 e. The minimum absolute atomic E-state index is 0.0668. The number of hydrogen-bond acceptors (Lipinski definition) is 2. The van der Waals surface area contributed by atoms with E-state index in [4.69, 9.17) is 0 Å². The van der Waals surface area contributed by atoms with Gasteiger partial charge in [-0.3, -0.25) is 4.79 Å². The van der Waals surface area contributed by atoms with Crippen LogP contribution in [0.25, 0.3) is 5.65 Å². The number of carbonyl (C=O) groups is 1. The highest BCUT2D eigenvalue weighted by Crippen LogP contribution is 2.09. The van der Waals surface area contributed by atoms with Crippen LogP contribution >= 0.6 is 0 Å². The predicted octanol–water partition coefficient (Wildman–Crippen LogP) is 1.62. The van der Waals surface area contributed by atoms with E-state index in [1.807, 2.05) is 29.7 Å². The summed E-state index contributed by atoms with van der Waals surface area (Å²) in [6, 6.07) is 14.9. The number of carbonyl (C=O) groups excluding carboxylic acids is 1. The number of piperidine rings is 1. The maximum Gasteiger partial charge on any atom is 0.271 e. The summed E-state index contributed by atoms with van der Waals surface area (Å²) in [7, 11) is 0. The van der Waals surface area contributed by atoms with E-state index in [2.05, 4.69) is 40.6 Å². The van der Waals surface area contributed by atoms with E-state index in [0.717, 1.165) is 43.7 Å². The zero-order chi connectivity index (χ0) is 17.9. The molecule has 5 heteroatoms. The molecule has 1 saturated heterocycles. The van der Waals surface area contributed by atoms with Crippen LogP contribution in [0.15, 0.2) is 54.9 Å². The second kappa shape index (κ2) is 7.30. The Morgan fingerprint density at radius 1 is 1.23 bits per heavy atom. The van der Waals surface area contributed by atoms with Crippen molar-refractivity contribution >= 4 is 11.6 Å². The molecule has 5 nitrogen and oxygen atoms in total. The van der Waals surface area contributed by atoms with E-state index < -0.39 is 0 Å². The molecule has 0 saturated carbocycles. The molecule has 2 N–H and O–H groups in total. The molecule has 4 rings (SSSR count). The van der Waals surface area contributed by atoms with E-state index >= 15 is 0 Å². The summed E-state index contributed by atoms with van der Waals surface area (Å²) in [5.41, 5.74) is 3.83. The average Bonchev–Trinajstić information content (AvgIpc) is 3.07. The third-order valence-electron chi connectivity index (χ3n) is 5.17. The third kappa shape index (κ3) is 3.78. The molecule has 1 aliphatic heterocycles. The second-order valence-corrected chi connectivity index (χ2v) is 7.26. The molecule has 0 atom stereocenters. The summed E-state index contributed by atoms with van der Waals surface area (Å²) in [5, 5.41) is 3.17. The van der Waals surface area contributed by atoms with Gasteiger partial charge < -0.3 is 14.6 Å². The van der Waals surface area contributed by atoms with Gasteiger partial charge in [-0.25, -0.2) is 4.98 Å². The molecule has 0 radical (unpaired) electrons. The summed E-state index contributed by atoms with van der Waals surface area (Å²) in [5.74, 6) is -0.0668. The molecule has 1 aliphatic rings. The Balaban J connectivity index is 1.32. The highest BCUT2D eigenvalue weighted by Gasteiger charge is 2.24. The van der Waals surface area contributed by atoms with Gasteiger partial charge in [-0.15, -0.1) is 0 Å². The Morgan fingerprint density at radius 2 is 2.00 bits per heavy atom. The first-order valence-electron chi connectivity index (χ1n) is 9.31. The monoisotopic (exact) mass is 349 g/mol. The fourth-order valence-electron chi connectivity index (χ4n) is 3.68. The highest BCUT2D eigenvalue weighted by molar-refractivity contribution is 5.93. The van der Waals surface area contributed by atoms with Crippen molar-refractivity contribution in [2.75, 3.05) is 13.1 Å². The lowest BCUT2D eigenvalue weighted by Crippen LogP contribution is -3.12. The van der Waals surface area contributed by atoms with Crippen LogP contribution in [-0.4, -0.2) is 34.4 Å². The first kappa shape index (κ1) is 16.8. The van der Waals surface area contributed by atoms with E-state index in [0.29, 0.717) is 5.69 Å².